The van der Waals surface area contributed by atoms with Gasteiger partial charge in [-0.25, -0.2) is 0 Å². The number of hydrogen-bond donors (Lipinski definition) is 1. The van der Waals surface area contributed by atoms with Gasteiger partial charge in [-0.3, -0.25) is 4.79 Å². The van der Waals surface area contributed by atoms with E-state index >= 15 is 0 Å². The van der Waals surface area contributed by atoms with Gasteiger partial charge < -0.3 is 19.9 Å². The van der Waals surface area contributed by atoms with Crippen LogP contribution in [0.5, 0.6) is 0 Å². The lowest BCUT2D eigenvalue weighted by atomic mass is 9.84. The van der Waals surface area contributed by atoms with E-state index in [1.165, 1.54) is 5.56 Å². The molecule has 1 fully saturated rings. The highest BCUT2D eigenvalue weighted by molar-refractivity contribution is 5.75. The number of carbonyl (C=O) groups is 1. The van der Waals surface area contributed by atoms with Crippen molar-refractivity contribution in [2.45, 2.75) is 32.4 Å². The summed E-state index contributed by atoms with van der Waals surface area (Å²) in [4.78, 5) is 12.0. The first-order valence-electron chi connectivity index (χ1n) is 8.77. The molecule has 0 radical (unpaired) electrons. The van der Waals surface area contributed by atoms with Crippen LogP contribution in [0.3, 0.4) is 0 Å². The lowest BCUT2D eigenvalue weighted by Gasteiger charge is -2.30. The molecular formula is C20H29NO4. The van der Waals surface area contributed by atoms with Crippen LogP contribution in [0.1, 0.15) is 19.4 Å². The number of benzene rings is 1. The van der Waals surface area contributed by atoms with Crippen LogP contribution in [0, 0.1) is 11.8 Å². The van der Waals surface area contributed by atoms with Crippen molar-refractivity contribution < 1.29 is 19.0 Å². The van der Waals surface area contributed by atoms with Crippen LogP contribution >= 0.6 is 0 Å². The zero-order valence-electron chi connectivity index (χ0n) is 15.1. The third kappa shape index (κ3) is 6.27. The monoisotopic (exact) mass is 347 g/mol. The van der Waals surface area contributed by atoms with Gasteiger partial charge in [0.05, 0.1) is 26.4 Å². The summed E-state index contributed by atoms with van der Waals surface area (Å²) >= 11 is 0. The summed E-state index contributed by atoms with van der Waals surface area (Å²) in [6.07, 6.45) is 0.540. The highest BCUT2D eigenvalue weighted by Crippen LogP contribution is 2.25. The normalized spacial score (nSPS) is 27.7. The second-order valence-electron chi connectivity index (χ2n) is 6.87. The molecule has 4 atom stereocenters. The third-order valence-electron chi connectivity index (χ3n) is 4.44. The summed E-state index contributed by atoms with van der Waals surface area (Å²) in [5.41, 5.74) is 8.01. The van der Waals surface area contributed by atoms with Gasteiger partial charge in [-0.2, -0.15) is 0 Å². The van der Waals surface area contributed by atoms with E-state index in [1.807, 2.05) is 32.0 Å². The standard InChI is InChI=1S/C20H29NO4/c1-14(2)10-23-12-18-15(3)25-20(22)19(21)13-24-11-17(18)9-16-7-5-4-6-8-16/h4-8,15,17-19H,1,9-13,21H2,2-3H3/t15-,17-,18-,19-/m0/s1. The Kier molecular flexibility index (Phi) is 7.62. The van der Waals surface area contributed by atoms with Crippen LogP contribution in [0.25, 0.3) is 0 Å². The Hall–Kier alpha value is -1.69. The minimum atomic E-state index is -0.741. The van der Waals surface area contributed by atoms with Gasteiger partial charge in [-0.15, -0.1) is 0 Å². The molecule has 5 heteroatoms. The Morgan fingerprint density at radius 2 is 2.04 bits per heavy atom. The van der Waals surface area contributed by atoms with Gasteiger partial charge in [-0.1, -0.05) is 42.5 Å². The molecule has 0 saturated carbocycles. The molecule has 1 heterocycles. The van der Waals surface area contributed by atoms with Gasteiger partial charge in [0.1, 0.15) is 12.1 Å². The average Bonchev–Trinajstić information content (AvgIpc) is 2.61. The van der Waals surface area contributed by atoms with Crippen LogP contribution < -0.4 is 5.73 Å². The van der Waals surface area contributed by atoms with Crippen molar-refractivity contribution in [1.29, 1.82) is 0 Å². The molecule has 0 spiro atoms. The van der Waals surface area contributed by atoms with Crippen LogP contribution in [-0.2, 0) is 25.4 Å². The summed E-state index contributed by atoms with van der Waals surface area (Å²) in [6.45, 7) is 9.37. The zero-order chi connectivity index (χ0) is 18.2. The largest absolute Gasteiger partial charge is 0.461 e. The minimum Gasteiger partial charge on any atom is -0.461 e. The molecule has 0 unspecified atom stereocenters. The van der Waals surface area contributed by atoms with E-state index in [0.29, 0.717) is 19.8 Å². The number of ether oxygens (including phenoxy) is 3. The van der Waals surface area contributed by atoms with E-state index < -0.39 is 12.0 Å². The summed E-state index contributed by atoms with van der Waals surface area (Å²) in [6, 6.07) is 9.51. The van der Waals surface area contributed by atoms with Crippen molar-refractivity contribution in [3.05, 3.63) is 48.0 Å². The minimum absolute atomic E-state index is 0.0220. The van der Waals surface area contributed by atoms with Crippen molar-refractivity contribution in [3.8, 4) is 0 Å². The van der Waals surface area contributed by atoms with Crippen LogP contribution in [0.4, 0.5) is 0 Å². The first-order chi connectivity index (χ1) is 12.0. The average molecular weight is 347 g/mol. The second-order valence-corrected chi connectivity index (χ2v) is 6.87. The van der Waals surface area contributed by atoms with Crippen molar-refractivity contribution in [3.63, 3.8) is 0 Å². The molecule has 1 aromatic carbocycles. The molecule has 138 valence electrons. The number of cyclic esters (lactones) is 1. The van der Waals surface area contributed by atoms with E-state index in [1.54, 1.807) is 0 Å². The van der Waals surface area contributed by atoms with E-state index in [9.17, 15) is 4.79 Å². The molecule has 25 heavy (non-hydrogen) atoms. The predicted octanol–water partition coefficient (Wildman–Crippen LogP) is 2.34. The first-order valence-corrected chi connectivity index (χ1v) is 8.77. The Labute approximate surface area is 150 Å². The lowest BCUT2D eigenvalue weighted by molar-refractivity contribution is -0.154. The van der Waals surface area contributed by atoms with E-state index in [-0.39, 0.29) is 24.5 Å². The summed E-state index contributed by atoms with van der Waals surface area (Å²) in [5, 5.41) is 0. The van der Waals surface area contributed by atoms with E-state index in [2.05, 4.69) is 18.7 Å². The highest BCUT2D eigenvalue weighted by atomic mass is 16.6. The molecule has 0 aliphatic carbocycles. The number of esters is 1. The molecule has 1 aromatic rings. The highest BCUT2D eigenvalue weighted by Gasteiger charge is 2.33. The van der Waals surface area contributed by atoms with E-state index in [0.717, 1.165) is 12.0 Å². The first kappa shape index (κ1) is 19.6. The predicted molar refractivity (Wildman–Crippen MR) is 97.1 cm³/mol. The van der Waals surface area contributed by atoms with Crippen LogP contribution in [0.2, 0.25) is 0 Å². The van der Waals surface area contributed by atoms with E-state index in [4.69, 9.17) is 19.9 Å². The van der Waals surface area contributed by atoms with Gasteiger partial charge in [0.15, 0.2) is 0 Å². The fourth-order valence-corrected chi connectivity index (χ4v) is 3.05. The van der Waals surface area contributed by atoms with Gasteiger partial charge in [0.2, 0.25) is 0 Å². The van der Waals surface area contributed by atoms with Gasteiger partial charge in [0.25, 0.3) is 0 Å². The Balaban J connectivity index is 2.15. The summed E-state index contributed by atoms with van der Waals surface area (Å²) < 4.78 is 17.1. The maximum atomic E-state index is 12.0. The molecule has 0 aromatic heterocycles. The molecule has 0 bridgehead atoms. The lowest BCUT2D eigenvalue weighted by Crippen LogP contribution is -2.39. The molecule has 0 amide bonds. The summed E-state index contributed by atoms with van der Waals surface area (Å²) in [5.74, 6) is -0.229. The maximum absolute atomic E-state index is 12.0. The number of carbonyl (C=O) groups excluding carboxylic acids is 1. The molecule has 1 aliphatic rings. The molecular weight excluding hydrogens is 318 g/mol. The molecule has 2 rings (SSSR count). The fraction of sp³-hybridized carbons (Fsp3) is 0.550. The molecule has 2 N–H and O–H groups in total. The van der Waals surface area contributed by atoms with Gasteiger partial charge >= 0.3 is 5.97 Å². The molecule has 5 nitrogen and oxygen atoms in total. The zero-order valence-corrected chi connectivity index (χ0v) is 15.1. The molecule has 1 aliphatic heterocycles. The number of nitrogens with two attached hydrogens (primary N) is 1. The summed E-state index contributed by atoms with van der Waals surface area (Å²) in [7, 11) is 0. The van der Waals surface area contributed by atoms with Crippen molar-refractivity contribution in [2.75, 3.05) is 26.4 Å². The van der Waals surface area contributed by atoms with Crippen molar-refractivity contribution in [2.24, 2.45) is 17.6 Å². The van der Waals surface area contributed by atoms with Crippen molar-refractivity contribution >= 4 is 5.97 Å². The van der Waals surface area contributed by atoms with Gasteiger partial charge in [0, 0.05) is 5.92 Å². The number of hydrogen-bond acceptors (Lipinski definition) is 5. The smallest absolute Gasteiger partial charge is 0.325 e. The quantitative estimate of drug-likeness (QED) is 0.632. The number of rotatable bonds is 6. The Morgan fingerprint density at radius 1 is 1.32 bits per heavy atom. The van der Waals surface area contributed by atoms with Gasteiger partial charge in [-0.05, 0) is 31.7 Å². The SMILES string of the molecule is C=C(C)COC[C@@H]1[C@@H](Cc2ccccc2)COC[C@H](N)C(=O)O[C@H]1C. The molecule has 1 saturated heterocycles. The fourth-order valence-electron chi connectivity index (χ4n) is 3.05. The second kappa shape index (κ2) is 9.70. The third-order valence-corrected chi connectivity index (χ3v) is 4.44. The van der Waals surface area contributed by atoms with Crippen LogP contribution in [0.15, 0.2) is 42.5 Å². The maximum Gasteiger partial charge on any atom is 0.325 e. The Morgan fingerprint density at radius 3 is 2.72 bits per heavy atom. The topological polar surface area (TPSA) is 70.8 Å². The Bertz CT molecular complexity index is 560. The van der Waals surface area contributed by atoms with Crippen molar-refractivity contribution in [1.82, 2.24) is 0 Å². The van der Waals surface area contributed by atoms with Crippen LogP contribution in [-0.4, -0.2) is 44.5 Å².